The molecule has 0 aliphatic carbocycles. The quantitative estimate of drug-likeness (QED) is 0.832. The lowest BCUT2D eigenvalue weighted by Crippen LogP contribution is -2.46. The predicted molar refractivity (Wildman–Crippen MR) is 99.7 cm³/mol. The number of hydrogen-bond acceptors (Lipinski definition) is 4. The van der Waals surface area contributed by atoms with E-state index < -0.39 is 0 Å². The van der Waals surface area contributed by atoms with E-state index in [0.717, 1.165) is 38.4 Å². The first-order valence-electron chi connectivity index (χ1n) is 7.62. The van der Waals surface area contributed by atoms with Crippen molar-refractivity contribution in [1.82, 2.24) is 25.1 Å². The van der Waals surface area contributed by atoms with Crippen LogP contribution in [0, 0.1) is 0 Å². The molecule has 1 fully saturated rings. The van der Waals surface area contributed by atoms with Gasteiger partial charge in [-0.25, -0.2) is 4.98 Å². The first kappa shape index (κ1) is 20.4. The SMILES string of the molecule is Cl.Cl.O=C(NCCN1CCNCC1)c1ccc(-n2ccnc2)cc1. The van der Waals surface area contributed by atoms with Gasteiger partial charge in [-0.3, -0.25) is 9.69 Å². The van der Waals surface area contributed by atoms with E-state index in [1.54, 1.807) is 12.5 Å². The van der Waals surface area contributed by atoms with Crippen molar-refractivity contribution < 1.29 is 4.79 Å². The number of carbonyl (C=O) groups is 1. The summed E-state index contributed by atoms with van der Waals surface area (Å²) >= 11 is 0. The largest absolute Gasteiger partial charge is 0.351 e. The fourth-order valence-corrected chi connectivity index (χ4v) is 2.56. The molecule has 1 aliphatic heterocycles. The number of hydrogen-bond donors (Lipinski definition) is 2. The summed E-state index contributed by atoms with van der Waals surface area (Å²) in [5.41, 5.74) is 1.68. The highest BCUT2D eigenvalue weighted by Crippen LogP contribution is 2.09. The molecule has 2 heterocycles. The topological polar surface area (TPSA) is 62.2 Å². The zero-order valence-corrected chi connectivity index (χ0v) is 15.0. The molecule has 132 valence electrons. The molecule has 1 amide bonds. The molecule has 1 aromatic heterocycles. The van der Waals surface area contributed by atoms with E-state index in [9.17, 15) is 4.79 Å². The Morgan fingerprint density at radius 2 is 1.88 bits per heavy atom. The second kappa shape index (κ2) is 10.3. The Hall–Kier alpha value is -1.60. The summed E-state index contributed by atoms with van der Waals surface area (Å²) in [5.74, 6) is -0.0210. The Morgan fingerprint density at radius 3 is 2.50 bits per heavy atom. The van der Waals surface area contributed by atoms with Gasteiger partial charge in [-0.05, 0) is 24.3 Å². The molecule has 0 saturated carbocycles. The molecule has 0 unspecified atom stereocenters. The monoisotopic (exact) mass is 371 g/mol. The fourth-order valence-electron chi connectivity index (χ4n) is 2.56. The summed E-state index contributed by atoms with van der Waals surface area (Å²) in [6.45, 7) is 5.75. The van der Waals surface area contributed by atoms with Crippen molar-refractivity contribution in [2.24, 2.45) is 0 Å². The summed E-state index contributed by atoms with van der Waals surface area (Å²) in [5, 5.41) is 6.30. The molecule has 1 aliphatic rings. The molecule has 1 aromatic carbocycles. The first-order chi connectivity index (χ1) is 10.8. The number of nitrogens with one attached hydrogen (secondary N) is 2. The zero-order chi connectivity index (χ0) is 15.2. The molecule has 24 heavy (non-hydrogen) atoms. The van der Waals surface area contributed by atoms with Gasteiger partial charge in [0.05, 0.1) is 6.33 Å². The van der Waals surface area contributed by atoms with Crippen LogP contribution < -0.4 is 10.6 Å². The van der Waals surface area contributed by atoms with Crippen LogP contribution in [-0.4, -0.2) is 59.6 Å². The van der Waals surface area contributed by atoms with Gasteiger partial charge in [0.15, 0.2) is 0 Å². The Labute approximate surface area is 154 Å². The van der Waals surface area contributed by atoms with Gasteiger partial charge in [-0.2, -0.15) is 0 Å². The van der Waals surface area contributed by atoms with Crippen LogP contribution in [0.3, 0.4) is 0 Å². The highest BCUT2D eigenvalue weighted by atomic mass is 35.5. The van der Waals surface area contributed by atoms with Gasteiger partial charge in [0, 0.05) is 62.9 Å². The third-order valence-electron chi connectivity index (χ3n) is 3.86. The minimum atomic E-state index is -0.0210. The molecule has 2 N–H and O–H groups in total. The van der Waals surface area contributed by atoms with Crippen molar-refractivity contribution in [3.05, 3.63) is 48.5 Å². The number of amides is 1. The number of carbonyl (C=O) groups excluding carboxylic acids is 1. The van der Waals surface area contributed by atoms with E-state index in [-0.39, 0.29) is 30.7 Å². The van der Waals surface area contributed by atoms with E-state index in [4.69, 9.17) is 0 Å². The van der Waals surface area contributed by atoms with Crippen molar-refractivity contribution in [3.63, 3.8) is 0 Å². The second-order valence-electron chi connectivity index (χ2n) is 5.36. The van der Waals surface area contributed by atoms with E-state index in [2.05, 4.69) is 20.5 Å². The fraction of sp³-hybridized carbons (Fsp3) is 0.375. The molecule has 8 heteroatoms. The van der Waals surface area contributed by atoms with E-state index in [1.807, 2.05) is 35.0 Å². The number of benzene rings is 1. The second-order valence-corrected chi connectivity index (χ2v) is 5.36. The molecule has 0 spiro atoms. The van der Waals surface area contributed by atoms with E-state index >= 15 is 0 Å². The van der Waals surface area contributed by atoms with E-state index in [1.165, 1.54) is 0 Å². The molecule has 0 bridgehead atoms. The number of rotatable bonds is 5. The van der Waals surface area contributed by atoms with Crippen LogP contribution in [0.1, 0.15) is 10.4 Å². The summed E-state index contributed by atoms with van der Waals surface area (Å²) < 4.78 is 1.91. The lowest BCUT2D eigenvalue weighted by Gasteiger charge is -2.27. The summed E-state index contributed by atoms with van der Waals surface area (Å²) in [7, 11) is 0. The van der Waals surface area contributed by atoms with Crippen LogP contribution in [0.5, 0.6) is 0 Å². The molecule has 0 radical (unpaired) electrons. The maximum absolute atomic E-state index is 12.1. The van der Waals surface area contributed by atoms with Crippen molar-refractivity contribution in [3.8, 4) is 5.69 Å². The number of imidazole rings is 1. The molecule has 2 aromatic rings. The maximum Gasteiger partial charge on any atom is 0.251 e. The van der Waals surface area contributed by atoms with Gasteiger partial charge < -0.3 is 15.2 Å². The molecular formula is C16H23Cl2N5O. The van der Waals surface area contributed by atoms with Crippen molar-refractivity contribution in [1.29, 1.82) is 0 Å². The Bertz CT molecular complexity index is 597. The smallest absolute Gasteiger partial charge is 0.251 e. The third kappa shape index (κ3) is 5.49. The number of piperazine rings is 1. The van der Waals surface area contributed by atoms with Gasteiger partial charge >= 0.3 is 0 Å². The van der Waals surface area contributed by atoms with Crippen LogP contribution in [-0.2, 0) is 0 Å². The van der Waals surface area contributed by atoms with Gasteiger partial charge in [0.2, 0.25) is 0 Å². The average Bonchev–Trinajstić information content (AvgIpc) is 3.10. The first-order valence-corrected chi connectivity index (χ1v) is 7.62. The maximum atomic E-state index is 12.1. The molecule has 6 nitrogen and oxygen atoms in total. The lowest BCUT2D eigenvalue weighted by molar-refractivity contribution is 0.0947. The number of aromatic nitrogens is 2. The van der Waals surface area contributed by atoms with Crippen LogP contribution in [0.4, 0.5) is 0 Å². The van der Waals surface area contributed by atoms with Crippen molar-refractivity contribution in [2.75, 3.05) is 39.3 Å². The highest BCUT2D eigenvalue weighted by molar-refractivity contribution is 5.94. The summed E-state index contributed by atoms with van der Waals surface area (Å²) in [4.78, 5) is 18.5. The average molecular weight is 372 g/mol. The molecule has 1 saturated heterocycles. The lowest BCUT2D eigenvalue weighted by atomic mass is 10.2. The minimum Gasteiger partial charge on any atom is -0.351 e. The molecular weight excluding hydrogens is 349 g/mol. The Morgan fingerprint density at radius 1 is 1.17 bits per heavy atom. The summed E-state index contributed by atoms with van der Waals surface area (Å²) in [6.07, 6.45) is 5.35. The highest BCUT2D eigenvalue weighted by Gasteiger charge is 2.10. The van der Waals surface area contributed by atoms with Gasteiger partial charge in [-0.1, -0.05) is 0 Å². The van der Waals surface area contributed by atoms with Crippen LogP contribution in [0.15, 0.2) is 43.0 Å². The molecule has 3 rings (SSSR count). The Balaban J connectivity index is 0.00000144. The minimum absolute atomic E-state index is 0. The standard InChI is InChI=1S/C16H21N5O.2ClH/c22-16(19-8-11-20-9-5-17-6-10-20)14-1-3-15(4-2-14)21-12-7-18-13-21;;/h1-4,7,12-13,17H,5-6,8-11H2,(H,19,22);2*1H. The normalized spacial score (nSPS) is 14.3. The third-order valence-corrected chi connectivity index (χ3v) is 3.86. The zero-order valence-electron chi connectivity index (χ0n) is 13.4. The van der Waals surface area contributed by atoms with Crippen molar-refractivity contribution in [2.45, 2.75) is 0 Å². The number of nitrogens with zero attached hydrogens (tertiary/aromatic N) is 3. The van der Waals surface area contributed by atoms with Crippen molar-refractivity contribution >= 4 is 30.7 Å². The van der Waals surface area contributed by atoms with Gasteiger partial charge in [-0.15, -0.1) is 24.8 Å². The van der Waals surface area contributed by atoms with Crippen LogP contribution in [0.2, 0.25) is 0 Å². The number of halogens is 2. The Kier molecular flexibility index (Phi) is 8.78. The van der Waals surface area contributed by atoms with E-state index in [0.29, 0.717) is 12.1 Å². The van der Waals surface area contributed by atoms with Gasteiger partial charge in [0.1, 0.15) is 0 Å². The van der Waals surface area contributed by atoms with Crippen LogP contribution in [0.25, 0.3) is 5.69 Å². The molecule has 0 atom stereocenters. The summed E-state index contributed by atoms with van der Waals surface area (Å²) in [6, 6.07) is 7.53. The van der Waals surface area contributed by atoms with Crippen LogP contribution >= 0.6 is 24.8 Å². The predicted octanol–water partition coefficient (Wildman–Crippen LogP) is 1.35. The van der Waals surface area contributed by atoms with Gasteiger partial charge in [0.25, 0.3) is 5.91 Å².